The van der Waals surface area contributed by atoms with Gasteiger partial charge in [0.2, 0.25) is 0 Å². The predicted octanol–water partition coefficient (Wildman–Crippen LogP) is 1.45. The molecule has 1 amide bonds. The fourth-order valence-electron chi connectivity index (χ4n) is 3.40. The number of carboxylic acid groups (broad SMARTS) is 1. The number of benzene rings is 1. The summed E-state index contributed by atoms with van der Waals surface area (Å²) in [5.74, 6) is -1.44. The molecule has 144 valence electrons. The Bertz CT molecular complexity index is 926. The maximum Gasteiger partial charge on any atom is 0.326 e. The molecule has 0 saturated heterocycles. The number of fused-ring (bicyclic) bond motifs is 1. The summed E-state index contributed by atoms with van der Waals surface area (Å²) in [5.41, 5.74) is 2.20. The van der Waals surface area contributed by atoms with Gasteiger partial charge in [0.15, 0.2) is 11.7 Å². The third kappa shape index (κ3) is 3.99. The Hall–Kier alpha value is -1.97. The van der Waals surface area contributed by atoms with Crippen LogP contribution in [0.2, 0.25) is 0 Å². The first-order chi connectivity index (χ1) is 12.8. The zero-order chi connectivity index (χ0) is 19.7. The van der Waals surface area contributed by atoms with Crippen LogP contribution in [-0.2, 0) is 4.79 Å². The molecule has 1 aliphatic rings. The van der Waals surface area contributed by atoms with Gasteiger partial charge >= 0.3 is 5.97 Å². The van der Waals surface area contributed by atoms with Crippen LogP contribution in [-0.4, -0.2) is 59.9 Å². The lowest BCUT2D eigenvalue weighted by Crippen LogP contribution is -3.06. The molecule has 2 aromatic rings. The maximum atomic E-state index is 12.7. The Morgan fingerprint density at radius 3 is 2.89 bits per heavy atom. The van der Waals surface area contributed by atoms with Crippen LogP contribution in [0.4, 0.5) is 0 Å². The van der Waals surface area contributed by atoms with E-state index >= 15 is 0 Å². The van der Waals surface area contributed by atoms with Crippen molar-refractivity contribution in [3.8, 4) is 0 Å². The monoisotopic (exact) mass is 453 g/mol. The number of aromatic amines is 1. The van der Waals surface area contributed by atoms with Gasteiger partial charge in [-0.25, -0.2) is 4.79 Å². The quantitative estimate of drug-likeness (QED) is 0.531. The second-order valence-electron chi connectivity index (χ2n) is 6.58. The van der Waals surface area contributed by atoms with Crippen LogP contribution in [0.1, 0.15) is 16.8 Å². The van der Waals surface area contributed by atoms with Crippen LogP contribution < -0.4 is 10.2 Å². The van der Waals surface area contributed by atoms with Crippen molar-refractivity contribution in [2.24, 2.45) is 0 Å². The van der Waals surface area contributed by atoms with Crippen LogP contribution in [0.5, 0.6) is 0 Å². The summed E-state index contributed by atoms with van der Waals surface area (Å²) in [4.78, 5) is 30.9. The first-order valence-electron chi connectivity index (χ1n) is 8.43. The summed E-state index contributed by atoms with van der Waals surface area (Å²) < 4.78 is 0.902. The highest BCUT2D eigenvalue weighted by Crippen LogP contribution is 2.24. The predicted molar refractivity (Wildman–Crippen MR) is 110 cm³/mol. The fraction of sp³-hybridized carbons (Fsp3) is 0.333. The number of carbonyl (C=O) groups excluding carboxylic acids is 1. The molecule has 9 heteroatoms. The van der Waals surface area contributed by atoms with Gasteiger partial charge in [-0.1, -0.05) is 33.8 Å². The van der Waals surface area contributed by atoms with Crippen molar-refractivity contribution in [2.45, 2.75) is 12.5 Å². The van der Waals surface area contributed by atoms with Gasteiger partial charge in [-0.2, -0.15) is 0 Å². The number of aliphatic carboxylic acids is 1. The molecule has 1 aromatic carbocycles. The molecule has 0 fully saturated rings. The lowest BCUT2D eigenvalue weighted by molar-refractivity contribution is -0.831. The van der Waals surface area contributed by atoms with Crippen LogP contribution >= 0.6 is 27.7 Å². The van der Waals surface area contributed by atoms with E-state index in [0.717, 1.165) is 32.8 Å². The van der Waals surface area contributed by atoms with Crippen LogP contribution in [0.3, 0.4) is 0 Å². The lowest BCUT2D eigenvalue weighted by atomic mass is 10.1. The van der Waals surface area contributed by atoms with Crippen molar-refractivity contribution >= 4 is 50.5 Å². The van der Waals surface area contributed by atoms with E-state index in [4.69, 9.17) is 0 Å². The number of hydrogen-bond acceptors (Lipinski definition) is 4. The number of halogens is 1. The largest absolute Gasteiger partial charge is 0.480 e. The molecule has 2 atom stereocenters. The first-order valence-corrected chi connectivity index (χ1v) is 10.4. The Morgan fingerprint density at radius 1 is 1.48 bits per heavy atom. The van der Waals surface area contributed by atoms with E-state index in [0.29, 0.717) is 5.56 Å². The van der Waals surface area contributed by atoms with Gasteiger partial charge in [0, 0.05) is 35.0 Å². The van der Waals surface area contributed by atoms with Crippen LogP contribution in [0.15, 0.2) is 39.6 Å². The van der Waals surface area contributed by atoms with Gasteiger partial charge in [0.1, 0.15) is 6.04 Å². The minimum Gasteiger partial charge on any atom is -0.480 e. The van der Waals surface area contributed by atoms with E-state index in [2.05, 4.69) is 26.2 Å². The third-order valence-corrected chi connectivity index (χ3v) is 6.16. The number of aromatic nitrogens is 1. The molecule has 7 nitrogen and oxygen atoms in total. The molecule has 2 heterocycles. The van der Waals surface area contributed by atoms with Gasteiger partial charge < -0.3 is 20.3 Å². The minimum atomic E-state index is -1.04. The second-order valence-corrected chi connectivity index (χ2v) is 8.31. The number of nitrogens with zero attached hydrogens (tertiary/aromatic N) is 1. The molecule has 3 rings (SSSR count). The molecule has 0 radical (unpaired) electrons. The molecule has 0 saturated carbocycles. The Morgan fingerprint density at radius 2 is 2.22 bits per heavy atom. The molecular formula is C18H22BrN4O3S+. The van der Waals surface area contributed by atoms with E-state index in [-0.39, 0.29) is 6.42 Å². The number of carboxylic acids is 1. The molecule has 0 aliphatic carbocycles. The van der Waals surface area contributed by atoms with E-state index in [9.17, 15) is 14.7 Å². The second kappa shape index (κ2) is 7.95. The van der Waals surface area contributed by atoms with Crippen molar-refractivity contribution in [3.05, 3.63) is 45.2 Å². The number of hydrogen-bond donors (Lipinski definition) is 4. The van der Waals surface area contributed by atoms with Crippen molar-refractivity contribution in [1.29, 1.82) is 0 Å². The van der Waals surface area contributed by atoms with Crippen LogP contribution in [0.25, 0.3) is 10.9 Å². The van der Waals surface area contributed by atoms with Gasteiger partial charge in [-0.3, -0.25) is 9.69 Å². The highest BCUT2D eigenvalue weighted by molar-refractivity contribution is 9.10. The number of amides is 1. The van der Waals surface area contributed by atoms with Gasteiger partial charge in [-0.15, -0.1) is 0 Å². The molecule has 1 aromatic heterocycles. The number of rotatable bonds is 6. The van der Waals surface area contributed by atoms with Crippen molar-refractivity contribution in [2.75, 3.05) is 27.0 Å². The normalized spacial score (nSPS) is 18.2. The summed E-state index contributed by atoms with van der Waals surface area (Å²) in [6.07, 6.45) is 3.84. The lowest BCUT2D eigenvalue weighted by Gasteiger charge is -2.18. The van der Waals surface area contributed by atoms with Crippen molar-refractivity contribution in [3.63, 3.8) is 0 Å². The zero-order valence-corrected chi connectivity index (χ0v) is 17.7. The number of nitrogens with one attached hydrogen (secondary N) is 3. The zero-order valence-electron chi connectivity index (χ0n) is 15.3. The standard InChI is InChI=1S/C18H21BrN4O3S/c1-22-9-23(2)17(27-3)15(22)7-14(18(25)26)21-16(24)12-8-20-13-6-10(19)4-5-11(12)13/h4-6,8,14,20H,7,9H2,1-3H3,(H,21,24)(H,25,26)/p+1. The smallest absolute Gasteiger partial charge is 0.326 e. The molecular weight excluding hydrogens is 432 g/mol. The molecule has 0 spiro atoms. The SMILES string of the molecule is CSC1=C(CC(NC(=O)c2c[nH]c3cc(Br)ccc23)C(=O)O)N(C)C[NH+]1C. The summed E-state index contributed by atoms with van der Waals surface area (Å²) in [6, 6.07) is 4.56. The summed E-state index contributed by atoms with van der Waals surface area (Å²) in [5, 5.41) is 14.2. The highest BCUT2D eigenvalue weighted by atomic mass is 79.9. The number of quaternary nitrogens is 1. The Balaban J connectivity index is 1.83. The summed E-state index contributed by atoms with van der Waals surface area (Å²) in [7, 11) is 3.99. The average Bonchev–Trinajstić information content (AvgIpc) is 3.14. The maximum absolute atomic E-state index is 12.7. The number of H-pyrrole nitrogens is 1. The third-order valence-electron chi connectivity index (χ3n) is 4.68. The summed E-state index contributed by atoms with van der Waals surface area (Å²) in [6.45, 7) is 0.781. The van der Waals surface area contributed by atoms with Gasteiger partial charge in [0.05, 0.1) is 18.3 Å². The summed E-state index contributed by atoms with van der Waals surface area (Å²) >= 11 is 5.01. The number of carbonyl (C=O) groups is 2. The molecule has 2 unspecified atom stereocenters. The van der Waals surface area contributed by atoms with Gasteiger partial charge in [-0.05, 0) is 18.4 Å². The Kier molecular flexibility index (Phi) is 5.83. The topological polar surface area (TPSA) is 89.9 Å². The average molecular weight is 454 g/mol. The Labute approximate surface area is 169 Å². The molecule has 0 bridgehead atoms. The van der Waals surface area contributed by atoms with Crippen molar-refractivity contribution in [1.82, 2.24) is 15.2 Å². The minimum absolute atomic E-state index is 0.249. The van der Waals surface area contributed by atoms with E-state index in [1.807, 2.05) is 43.5 Å². The van der Waals surface area contributed by atoms with Crippen molar-refractivity contribution < 1.29 is 19.6 Å². The number of thioether (sulfide) groups is 1. The van der Waals surface area contributed by atoms with Gasteiger partial charge in [0.25, 0.3) is 5.91 Å². The van der Waals surface area contributed by atoms with Crippen LogP contribution in [0, 0.1) is 0 Å². The van der Waals surface area contributed by atoms with E-state index in [1.54, 1.807) is 18.0 Å². The molecule has 4 N–H and O–H groups in total. The van der Waals surface area contributed by atoms with E-state index < -0.39 is 17.9 Å². The highest BCUT2D eigenvalue weighted by Gasteiger charge is 2.33. The van der Waals surface area contributed by atoms with E-state index in [1.165, 1.54) is 4.90 Å². The first kappa shape index (κ1) is 19.8. The molecule has 1 aliphatic heterocycles. The fourth-order valence-corrected chi connectivity index (χ4v) is 4.65. The molecule has 27 heavy (non-hydrogen) atoms.